The van der Waals surface area contributed by atoms with Gasteiger partial charge in [0.25, 0.3) is 0 Å². The third-order valence-electron chi connectivity index (χ3n) is 5.45. The van der Waals surface area contributed by atoms with Gasteiger partial charge in [-0.25, -0.2) is 9.78 Å². The largest absolute Gasteiger partial charge is 0.465 e. The Balaban J connectivity index is 1.44. The molecule has 0 unspecified atom stereocenters. The zero-order valence-corrected chi connectivity index (χ0v) is 19.6. The van der Waals surface area contributed by atoms with E-state index in [-0.39, 0.29) is 12.3 Å². The van der Waals surface area contributed by atoms with Crippen LogP contribution < -0.4 is 10.2 Å². The summed E-state index contributed by atoms with van der Waals surface area (Å²) in [6, 6.07) is 10.3. The molecule has 3 aromatic rings. The zero-order valence-electron chi connectivity index (χ0n) is 18.1. The molecule has 7 nitrogen and oxygen atoms in total. The molecule has 33 heavy (non-hydrogen) atoms. The summed E-state index contributed by atoms with van der Waals surface area (Å²) < 4.78 is 10.6. The minimum Gasteiger partial charge on any atom is -0.465 e. The van der Waals surface area contributed by atoms with Crippen molar-refractivity contribution in [1.29, 1.82) is 0 Å². The van der Waals surface area contributed by atoms with E-state index < -0.39 is 5.97 Å². The Morgan fingerprint density at radius 3 is 2.67 bits per heavy atom. The first-order valence-electron chi connectivity index (χ1n) is 10.6. The number of hydrogen-bond donors (Lipinski definition) is 1. The van der Waals surface area contributed by atoms with Gasteiger partial charge in [0, 0.05) is 36.5 Å². The minimum atomic E-state index is -0.452. The molecule has 1 aliphatic rings. The second-order valence-corrected chi connectivity index (χ2v) is 8.55. The highest BCUT2D eigenvalue weighted by Crippen LogP contribution is 2.32. The average molecular weight is 488 g/mol. The van der Waals surface area contributed by atoms with Crippen LogP contribution in [0.3, 0.4) is 0 Å². The van der Waals surface area contributed by atoms with Gasteiger partial charge in [0.2, 0.25) is 5.91 Å². The van der Waals surface area contributed by atoms with E-state index in [0.29, 0.717) is 44.9 Å². The maximum absolute atomic E-state index is 12.7. The lowest BCUT2D eigenvalue weighted by atomic mass is 10.1. The summed E-state index contributed by atoms with van der Waals surface area (Å²) in [7, 11) is 1.33. The van der Waals surface area contributed by atoms with Crippen molar-refractivity contribution in [1.82, 2.24) is 4.98 Å². The van der Waals surface area contributed by atoms with Gasteiger partial charge in [0.1, 0.15) is 0 Å². The minimum absolute atomic E-state index is 0.163. The van der Waals surface area contributed by atoms with Crippen molar-refractivity contribution in [3.8, 4) is 11.3 Å². The second-order valence-electron chi connectivity index (χ2n) is 7.71. The van der Waals surface area contributed by atoms with Crippen LogP contribution in [0, 0.1) is 0 Å². The fourth-order valence-corrected chi connectivity index (χ4v) is 4.29. The molecule has 1 N–H and O–H groups in total. The molecule has 9 heteroatoms. The Hall–Kier alpha value is -3.03. The number of aromatic nitrogens is 1. The topological polar surface area (TPSA) is 84.7 Å². The number of methoxy groups -OCH3 is 1. The molecule has 172 valence electrons. The number of amides is 1. The van der Waals surface area contributed by atoms with Crippen molar-refractivity contribution in [3.63, 3.8) is 0 Å². The number of benzene rings is 2. The van der Waals surface area contributed by atoms with Crippen LogP contribution >= 0.6 is 23.2 Å². The molecule has 2 aromatic carbocycles. The van der Waals surface area contributed by atoms with Crippen LogP contribution in [0.2, 0.25) is 10.0 Å². The van der Waals surface area contributed by atoms with Crippen molar-refractivity contribution in [2.45, 2.75) is 25.7 Å². The van der Waals surface area contributed by atoms with Gasteiger partial charge >= 0.3 is 5.97 Å². The van der Waals surface area contributed by atoms with E-state index in [1.807, 2.05) is 6.07 Å². The standard InChI is InChI=1S/C24H23Cl2N3O4/c1-32-24(31)15-4-7-20(29-10-2-3-11-29)19(12-15)28-22(30)8-9-23-27-14-21(33-23)17-6-5-16(25)13-18(17)26/h4-7,12-14H,2-3,8-11H2,1H3,(H,28,30). The summed E-state index contributed by atoms with van der Waals surface area (Å²) in [4.78, 5) is 31.1. The Labute approximate surface area is 201 Å². The number of ether oxygens (including phenoxy) is 1. The van der Waals surface area contributed by atoms with Gasteiger partial charge in [-0.3, -0.25) is 4.79 Å². The van der Waals surface area contributed by atoms with E-state index in [2.05, 4.69) is 15.2 Å². The van der Waals surface area contributed by atoms with Crippen molar-refractivity contribution in [3.05, 3.63) is 64.1 Å². The number of oxazole rings is 1. The highest BCUT2D eigenvalue weighted by Gasteiger charge is 2.19. The van der Waals surface area contributed by atoms with Gasteiger partial charge in [-0.05, 0) is 49.2 Å². The first-order valence-corrected chi connectivity index (χ1v) is 11.4. The quantitative estimate of drug-likeness (QED) is 0.436. The van der Waals surface area contributed by atoms with Gasteiger partial charge in [-0.15, -0.1) is 0 Å². The lowest BCUT2D eigenvalue weighted by molar-refractivity contribution is -0.116. The fraction of sp³-hybridized carbons (Fsp3) is 0.292. The molecule has 0 atom stereocenters. The van der Waals surface area contributed by atoms with Crippen molar-refractivity contribution < 1.29 is 18.7 Å². The number of carbonyl (C=O) groups excluding carboxylic acids is 2. The molecule has 0 saturated carbocycles. The predicted molar refractivity (Wildman–Crippen MR) is 128 cm³/mol. The normalized spacial score (nSPS) is 13.2. The summed E-state index contributed by atoms with van der Waals surface area (Å²) in [6.07, 6.45) is 4.24. The summed E-state index contributed by atoms with van der Waals surface area (Å²) in [5.74, 6) is 0.275. The molecule has 1 aliphatic heterocycles. The Morgan fingerprint density at radius 1 is 1.15 bits per heavy atom. The summed E-state index contributed by atoms with van der Waals surface area (Å²) in [5.41, 5.74) is 2.54. The van der Waals surface area contributed by atoms with Crippen LogP contribution in [0.4, 0.5) is 11.4 Å². The number of anilines is 2. The summed E-state index contributed by atoms with van der Waals surface area (Å²) in [6.45, 7) is 1.82. The molecule has 1 amide bonds. The highest BCUT2D eigenvalue weighted by molar-refractivity contribution is 6.36. The second kappa shape index (κ2) is 10.3. The zero-order chi connectivity index (χ0) is 23.4. The van der Waals surface area contributed by atoms with E-state index in [1.54, 1.807) is 36.5 Å². The van der Waals surface area contributed by atoms with Crippen LogP contribution in [-0.2, 0) is 16.0 Å². The van der Waals surface area contributed by atoms with Crippen LogP contribution in [0.25, 0.3) is 11.3 Å². The van der Waals surface area contributed by atoms with Gasteiger partial charge in [0.05, 0.1) is 35.3 Å². The Kier molecular flexibility index (Phi) is 7.20. The summed E-state index contributed by atoms with van der Waals surface area (Å²) >= 11 is 12.2. The third-order valence-corrected chi connectivity index (χ3v) is 6.00. The highest BCUT2D eigenvalue weighted by atomic mass is 35.5. The number of nitrogens with one attached hydrogen (secondary N) is 1. The average Bonchev–Trinajstić information content (AvgIpc) is 3.49. The molecule has 0 spiro atoms. The van der Waals surface area contributed by atoms with Gasteiger partial charge < -0.3 is 19.4 Å². The van der Waals surface area contributed by atoms with E-state index >= 15 is 0 Å². The van der Waals surface area contributed by atoms with E-state index in [0.717, 1.165) is 31.6 Å². The van der Waals surface area contributed by atoms with E-state index in [9.17, 15) is 9.59 Å². The predicted octanol–water partition coefficient (Wildman–Crippen LogP) is 5.61. The van der Waals surface area contributed by atoms with Crippen LogP contribution in [0.5, 0.6) is 0 Å². The molecule has 0 radical (unpaired) electrons. The van der Waals surface area contributed by atoms with Crippen LogP contribution in [-0.4, -0.2) is 37.1 Å². The first kappa shape index (κ1) is 23.1. The van der Waals surface area contributed by atoms with E-state index in [4.69, 9.17) is 32.4 Å². The lowest BCUT2D eigenvalue weighted by Gasteiger charge is -2.22. The van der Waals surface area contributed by atoms with Gasteiger partial charge in [-0.2, -0.15) is 0 Å². The maximum Gasteiger partial charge on any atom is 0.337 e. The smallest absolute Gasteiger partial charge is 0.337 e. The SMILES string of the molecule is COC(=O)c1ccc(N2CCCC2)c(NC(=O)CCc2ncc(-c3ccc(Cl)cc3Cl)o2)c1. The summed E-state index contributed by atoms with van der Waals surface area (Å²) in [5, 5.41) is 3.93. The number of halogens is 2. The number of esters is 1. The molecule has 1 saturated heterocycles. The Morgan fingerprint density at radius 2 is 1.94 bits per heavy atom. The molecular formula is C24H23Cl2N3O4. The molecule has 1 aromatic heterocycles. The molecule has 0 bridgehead atoms. The molecule has 2 heterocycles. The number of hydrogen-bond acceptors (Lipinski definition) is 6. The molecule has 0 aliphatic carbocycles. The number of nitrogens with zero attached hydrogens (tertiary/aromatic N) is 2. The maximum atomic E-state index is 12.7. The van der Waals surface area contributed by atoms with Crippen molar-refractivity contribution in [2.75, 3.05) is 30.4 Å². The van der Waals surface area contributed by atoms with Crippen molar-refractivity contribution >= 4 is 46.5 Å². The number of rotatable bonds is 7. The fourth-order valence-electron chi connectivity index (χ4n) is 3.79. The lowest BCUT2D eigenvalue weighted by Crippen LogP contribution is -2.21. The Bertz CT molecular complexity index is 1170. The molecule has 4 rings (SSSR count). The van der Waals surface area contributed by atoms with Gasteiger partial charge in [-0.1, -0.05) is 23.2 Å². The van der Waals surface area contributed by atoms with Crippen molar-refractivity contribution in [2.24, 2.45) is 0 Å². The number of aryl methyl sites for hydroxylation is 1. The first-order chi connectivity index (χ1) is 15.9. The van der Waals surface area contributed by atoms with Crippen LogP contribution in [0.1, 0.15) is 35.5 Å². The third kappa shape index (κ3) is 5.49. The monoisotopic (exact) mass is 487 g/mol. The molecular weight excluding hydrogens is 465 g/mol. The van der Waals surface area contributed by atoms with Crippen LogP contribution in [0.15, 0.2) is 47.0 Å². The number of carbonyl (C=O) groups is 2. The van der Waals surface area contributed by atoms with E-state index in [1.165, 1.54) is 7.11 Å². The van der Waals surface area contributed by atoms with Gasteiger partial charge in [0.15, 0.2) is 11.7 Å². The molecule has 1 fully saturated rings.